The third-order valence-electron chi connectivity index (χ3n) is 3.07. The zero-order valence-electron chi connectivity index (χ0n) is 14.8. The summed E-state index contributed by atoms with van der Waals surface area (Å²) in [6, 6.07) is 4.16. The second-order valence-electron chi connectivity index (χ2n) is 5.03. The van der Waals surface area contributed by atoms with Crippen molar-refractivity contribution in [1.82, 2.24) is 9.80 Å². The van der Waals surface area contributed by atoms with Gasteiger partial charge in [-0.05, 0) is 12.8 Å². The van der Waals surface area contributed by atoms with E-state index in [2.05, 4.69) is 26.0 Å². The molecule has 0 heterocycles. The van der Waals surface area contributed by atoms with E-state index in [1.165, 1.54) is 0 Å². The minimum Gasteiger partial charge on any atom is -0.411 e. The van der Waals surface area contributed by atoms with Gasteiger partial charge in [-0.1, -0.05) is 35.3 Å². The van der Waals surface area contributed by atoms with E-state index in [1.807, 2.05) is 9.80 Å². The number of rotatable bonds is 10. The van der Waals surface area contributed by atoms with Crippen LogP contribution in [0.15, 0.2) is 0 Å². The molecule has 0 saturated carbocycles. The molecular weight excluding hydrogens is 435 g/mol. The summed E-state index contributed by atoms with van der Waals surface area (Å²) in [4.78, 5) is 3.83. The van der Waals surface area contributed by atoms with Crippen LogP contribution >= 0.6 is 24.4 Å². The molecule has 4 nitrogen and oxygen atoms in total. The van der Waals surface area contributed by atoms with Gasteiger partial charge in [-0.3, -0.25) is 0 Å². The van der Waals surface area contributed by atoms with Crippen LogP contribution in [0.3, 0.4) is 0 Å². The number of nitriles is 2. The molecule has 25 heavy (non-hydrogen) atoms. The van der Waals surface area contributed by atoms with Gasteiger partial charge in [0.2, 0.25) is 0 Å². The van der Waals surface area contributed by atoms with Crippen molar-refractivity contribution in [3.63, 3.8) is 0 Å². The molecule has 0 spiro atoms. The second kappa shape index (κ2) is 21.7. The van der Waals surface area contributed by atoms with Crippen LogP contribution in [-0.2, 0) is 41.7 Å². The smallest absolute Gasteiger partial charge is 0.411 e. The number of hydrogen-bond donors (Lipinski definition) is 0. The van der Waals surface area contributed by atoms with Crippen LogP contribution in [0.4, 0.5) is 0 Å². The summed E-state index contributed by atoms with van der Waals surface area (Å²) in [5.74, 6) is 0. The Morgan fingerprint density at radius 3 is 1.32 bits per heavy atom. The minimum absolute atomic E-state index is 0. The van der Waals surface area contributed by atoms with Crippen molar-refractivity contribution in [2.24, 2.45) is 0 Å². The van der Waals surface area contributed by atoms with Crippen LogP contribution in [0.1, 0.15) is 52.4 Å². The SMILES string of the molecule is CCCCN(CCC#N)C(=S)[S-].CCCCN(CCC#N)C(=S)[S-].[Ni+2]. The molecule has 0 atom stereocenters. The molecule has 144 valence electrons. The molecule has 0 aliphatic heterocycles. The Kier molecular flexibility index (Phi) is 25.6. The zero-order valence-corrected chi connectivity index (χ0v) is 19.1. The van der Waals surface area contributed by atoms with Crippen LogP contribution in [-0.4, -0.2) is 44.6 Å². The van der Waals surface area contributed by atoms with E-state index in [1.54, 1.807) is 0 Å². The van der Waals surface area contributed by atoms with Crippen LogP contribution in [0.2, 0.25) is 0 Å². The summed E-state index contributed by atoms with van der Waals surface area (Å²) in [6.07, 6.45) is 5.42. The first-order valence-electron chi connectivity index (χ1n) is 8.10. The third kappa shape index (κ3) is 19.9. The van der Waals surface area contributed by atoms with Gasteiger partial charge in [0.1, 0.15) is 0 Å². The maximum Gasteiger partial charge on any atom is 2.00 e. The second-order valence-corrected chi connectivity index (χ2v) is 7.09. The molecule has 0 aliphatic carbocycles. The number of unbranched alkanes of at least 4 members (excludes halogenated alkanes) is 2. The summed E-state index contributed by atoms with van der Waals surface area (Å²) in [6.45, 7) is 7.38. The number of hydrogen-bond acceptors (Lipinski definition) is 6. The first-order valence-corrected chi connectivity index (χ1v) is 9.73. The molecule has 9 heteroatoms. The van der Waals surface area contributed by atoms with E-state index < -0.39 is 0 Å². The first-order chi connectivity index (χ1) is 11.4. The van der Waals surface area contributed by atoms with Crippen molar-refractivity contribution in [3.05, 3.63) is 0 Å². The Balaban J connectivity index is -0.000000372. The van der Waals surface area contributed by atoms with Crippen molar-refractivity contribution in [2.75, 3.05) is 26.2 Å². The summed E-state index contributed by atoms with van der Waals surface area (Å²) >= 11 is 19.5. The van der Waals surface area contributed by atoms with Gasteiger partial charge in [0.25, 0.3) is 0 Å². The van der Waals surface area contributed by atoms with Crippen molar-refractivity contribution in [3.8, 4) is 12.1 Å². The third-order valence-corrected chi connectivity index (χ3v) is 4.10. The van der Waals surface area contributed by atoms with Crippen molar-refractivity contribution >= 4 is 58.3 Å². The van der Waals surface area contributed by atoms with Gasteiger partial charge in [0.05, 0.1) is 25.0 Å². The van der Waals surface area contributed by atoms with Gasteiger partial charge in [0.15, 0.2) is 0 Å². The Bertz CT molecular complexity index is 395. The molecule has 0 fully saturated rings. The maximum atomic E-state index is 8.37. The predicted molar refractivity (Wildman–Crippen MR) is 113 cm³/mol. The molecule has 0 aromatic rings. The molecule has 0 aromatic carbocycles. The molecule has 0 saturated heterocycles. The fourth-order valence-corrected chi connectivity index (χ4v) is 2.39. The number of thiocarbonyl (C=S) groups is 2. The Hall–Kier alpha value is -0.306. The normalized spacial score (nSPS) is 8.64. The molecule has 0 aromatic heterocycles. The maximum absolute atomic E-state index is 8.37. The molecule has 0 N–H and O–H groups in total. The quantitative estimate of drug-likeness (QED) is 0.278. The Labute approximate surface area is 185 Å². The van der Waals surface area contributed by atoms with Crippen molar-refractivity contribution < 1.29 is 16.5 Å². The summed E-state index contributed by atoms with van der Waals surface area (Å²) < 4.78 is 0.970. The fraction of sp³-hybridized carbons (Fsp3) is 0.750. The number of nitrogens with zero attached hydrogens (tertiary/aromatic N) is 4. The van der Waals surface area contributed by atoms with Gasteiger partial charge in [-0.25, -0.2) is 0 Å². The standard InChI is InChI=1S/2C8H14N2S2.Ni/c2*1-2-3-6-10(8(11)12)7-4-5-9;/h2*2-4,6-7H2,1H3,(H,11,12);/q;;+2/p-2. The van der Waals surface area contributed by atoms with Gasteiger partial charge in [-0.2, -0.15) is 10.5 Å². The molecule has 0 radical (unpaired) electrons. The monoisotopic (exact) mass is 460 g/mol. The minimum atomic E-state index is 0. The average molecular weight is 461 g/mol. The van der Waals surface area contributed by atoms with E-state index in [0.717, 1.165) is 38.8 Å². The van der Waals surface area contributed by atoms with Gasteiger partial charge in [-0.15, -0.1) is 0 Å². The molecule has 0 aliphatic rings. The first kappa shape index (κ1) is 29.5. The Morgan fingerprint density at radius 1 is 0.800 bits per heavy atom. The topological polar surface area (TPSA) is 54.1 Å². The molecule has 0 amide bonds. The molecular formula is C16H26N4NiS4. The summed E-state index contributed by atoms with van der Waals surface area (Å²) in [5, 5.41) is 16.7. The van der Waals surface area contributed by atoms with Crippen LogP contribution in [0, 0.1) is 22.7 Å². The van der Waals surface area contributed by atoms with Crippen LogP contribution < -0.4 is 0 Å². The van der Waals surface area contributed by atoms with E-state index >= 15 is 0 Å². The molecule has 0 unspecified atom stereocenters. The summed E-state index contributed by atoms with van der Waals surface area (Å²) in [5.41, 5.74) is 0. The zero-order chi connectivity index (χ0) is 18.8. The van der Waals surface area contributed by atoms with Crippen LogP contribution in [0.25, 0.3) is 0 Å². The van der Waals surface area contributed by atoms with E-state index in [9.17, 15) is 0 Å². The van der Waals surface area contributed by atoms with Crippen molar-refractivity contribution in [1.29, 1.82) is 10.5 Å². The molecule has 0 rings (SSSR count). The van der Waals surface area contributed by atoms with Crippen molar-refractivity contribution in [2.45, 2.75) is 52.4 Å². The van der Waals surface area contributed by atoms with E-state index in [-0.39, 0.29) is 16.5 Å². The van der Waals surface area contributed by atoms with E-state index in [4.69, 9.17) is 60.2 Å². The van der Waals surface area contributed by atoms with Crippen LogP contribution in [0.5, 0.6) is 0 Å². The largest absolute Gasteiger partial charge is 2.00 e. The van der Waals surface area contributed by atoms with Gasteiger partial charge >= 0.3 is 16.5 Å². The Morgan fingerprint density at radius 2 is 1.12 bits per heavy atom. The fourth-order valence-electron chi connectivity index (χ4n) is 1.66. The molecule has 0 bridgehead atoms. The predicted octanol–water partition coefficient (Wildman–Crippen LogP) is 3.67. The van der Waals surface area contributed by atoms with E-state index in [0.29, 0.717) is 34.6 Å². The van der Waals surface area contributed by atoms with Gasteiger partial charge < -0.3 is 59.5 Å². The van der Waals surface area contributed by atoms with Gasteiger partial charge in [0, 0.05) is 26.2 Å². The average Bonchev–Trinajstić information content (AvgIpc) is 2.55. The summed E-state index contributed by atoms with van der Waals surface area (Å²) in [7, 11) is 0.